The molecule has 0 radical (unpaired) electrons. The summed E-state index contributed by atoms with van der Waals surface area (Å²) in [5.41, 5.74) is 1.58. The van der Waals surface area contributed by atoms with Gasteiger partial charge in [-0.3, -0.25) is 0 Å². The summed E-state index contributed by atoms with van der Waals surface area (Å²) >= 11 is 0. The fraction of sp³-hybridized carbons (Fsp3) is 0.481. The number of hydrogen-bond donors (Lipinski definition) is 0. The molecule has 4 heteroatoms. The van der Waals surface area contributed by atoms with Crippen LogP contribution in [-0.2, 0) is 0 Å². The molecule has 2 fully saturated rings. The van der Waals surface area contributed by atoms with Gasteiger partial charge in [-0.2, -0.15) is 0 Å². The Balaban J connectivity index is 1.41. The highest BCUT2D eigenvalue weighted by Gasteiger charge is 2.27. The van der Waals surface area contributed by atoms with Gasteiger partial charge < -0.3 is 0 Å². The SMILES string of the molecule is Cc1ccc(/C=C/C2CCC(c3ccc(C4CCCCC4)c(F)c3F)CC2)c(F)c1F. The van der Waals surface area contributed by atoms with E-state index in [1.54, 1.807) is 24.3 Å². The molecular formula is C27H30F4. The quantitative estimate of drug-likeness (QED) is 0.426. The Hall–Kier alpha value is -2.10. The van der Waals surface area contributed by atoms with E-state index in [1.165, 1.54) is 13.3 Å². The van der Waals surface area contributed by atoms with Gasteiger partial charge in [-0.1, -0.05) is 55.7 Å². The number of allylic oxidation sites excluding steroid dienone is 1. The zero-order valence-electron chi connectivity index (χ0n) is 18.1. The van der Waals surface area contributed by atoms with Crippen LogP contribution in [0, 0.1) is 36.1 Å². The Morgan fingerprint density at radius 3 is 1.84 bits per heavy atom. The topological polar surface area (TPSA) is 0 Å². The van der Waals surface area contributed by atoms with Crippen molar-refractivity contribution in [2.24, 2.45) is 5.92 Å². The van der Waals surface area contributed by atoms with Gasteiger partial charge in [0.1, 0.15) is 0 Å². The van der Waals surface area contributed by atoms with Gasteiger partial charge in [0.05, 0.1) is 0 Å². The van der Waals surface area contributed by atoms with Crippen molar-refractivity contribution in [3.8, 4) is 0 Å². The van der Waals surface area contributed by atoms with E-state index in [-0.39, 0.29) is 23.3 Å². The average Bonchev–Trinajstić information content (AvgIpc) is 2.80. The fourth-order valence-corrected chi connectivity index (χ4v) is 5.28. The van der Waals surface area contributed by atoms with Crippen molar-refractivity contribution in [1.82, 2.24) is 0 Å². The van der Waals surface area contributed by atoms with Gasteiger partial charge in [0.15, 0.2) is 23.3 Å². The Morgan fingerprint density at radius 2 is 1.23 bits per heavy atom. The van der Waals surface area contributed by atoms with Gasteiger partial charge >= 0.3 is 0 Å². The molecule has 0 bridgehead atoms. The van der Waals surface area contributed by atoms with Crippen molar-refractivity contribution in [2.45, 2.75) is 76.5 Å². The molecule has 166 valence electrons. The van der Waals surface area contributed by atoms with E-state index in [0.717, 1.165) is 51.4 Å². The number of hydrogen-bond acceptors (Lipinski definition) is 0. The van der Waals surface area contributed by atoms with Crippen LogP contribution in [0.1, 0.15) is 91.9 Å². The number of rotatable bonds is 4. The summed E-state index contributed by atoms with van der Waals surface area (Å²) in [6.45, 7) is 1.54. The van der Waals surface area contributed by atoms with Crippen molar-refractivity contribution in [2.75, 3.05) is 0 Å². The first-order valence-electron chi connectivity index (χ1n) is 11.6. The highest BCUT2D eigenvalue weighted by atomic mass is 19.2. The minimum atomic E-state index is -0.819. The van der Waals surface area contributed by atoms with Crippen LogP contribution >= 0.6 is 0 Å². The second-order valence-corrected chi connectivity index (χ2v) is 9.28. The Morgan fingerprint density at radius 1 is 0.645 bits per heavy atom. The second kappa shape index (κ2) is 9.58. The molecule has 0 saturated heterocycles. The monoisotopic (exact) mass is 430 g/mol. The maximum Gasteiger partial charge on any atom is 0.166 e. The summed E-state index contributed by atoms with van der Waals surface area (Å²) in [5.74, 6) is -2.56. The predicted octanol–water partition coefficient (Wildman–Crippen LogP) is 8.59. The minimum Gasteiger partial charge on any atom is -0.203 e. The Kier molecular flexibility index (Phi) is 6.83. The molecule has 2 aliphatic carbocycles. The van der Waals surface area contributed by atoms with Crippen LogP contribution in [0.25, 0.3) is 6.08 Å². The van der Waals surface area contributed by atoms with Crippen LogP contribution in [0.4, 0.5) is 17.6 Å². The molecule has 2 aromatic rings. The van der Waals surface area contributed by atoms with E-state index >= 15 is 0 Å². The van der Waals surface area contributed by atoms with Crippen LogP contribution in [0.5, 0.6) is 0 Å². The third-order valence-electron chi connectivity index (χ3n) is 7.25. The lowest BCUT2D eigenvalue weighted by atomic mass is 9.77. The first kappa shape index (κ1) is 22.1. The van der Waals surface area contributed by atoms with Crippen LogP contribution in [0.2, 0.25) is 0 Å². The second-order valence-electron chi connectivity index (χ2n) is 9.28. The third-order valence-corrected chi connectivity index (χ3v) is 7.25. The maximum atomic E-state index is 14.9. The van der Waals surface area contributed by atoms with Crippen LogP contribution in [0.3, 0.4) is 0 Å². The molecule has 0 amide bonds. The summed E-state index contributed by atoms with van der Waals surface area (Å²) in [6.07, 6.45) is 12.0. The lowest BCUT2D eigenvalue weighted by Crippen LogP contribution is -2.15. The molecule has 0 heterocycles. The van der Waals surface area contributed by atoms with E-state index in [0.29, 0.717) is 16.7 Å². The average molecular weight is 431 g/mol. The highest BCUT2D eigenvalue weighted by Crippen LogP contribution is 2.40. The van der Waals surface area contributed by atoms with Gasteiger partial charge in [0.2, 0.25) is 0 Å². The fourth-order valence-electron chi connectivity index (χ4n) is 5.28. The highest BCUT2D eigenvalue weighted by molar-refractivity contribution is 5.51. The Bertz CT molecular complexity index is 948. The largest absolute Gasteiger partial charge is 0.203 e. The van der Waals surface area contributed by atoms with E-state index in [9.17, 15) is 17.6 Å². The molecule has 0 aliphatic heterocycles. The maximum absolute atomic E-state index is 14.9. The smallest absolute Gasteiger partial charge is 0.166 e. The molecule has 0 unspecified atom stereocenters. The van der Waals surface area contributed by atoms with E-state index < -0.39 is 23.3 Å². The normalized spacial score (nSPS) is 22.9. The molecule has 0 spiro atoms. The minimum absolute atomic E-state index is 0.00751. The molecule has 0 N–H and O–H groups in total. The number of aryl methyl sites for hydroxylation is 1. The Labute approximate surface area is 182 Å². The summed E-state index contributed by atoms with van der Waals surface area (Å²) in [5, 5.41) is 0. The number of halogens is 4. The van der Waals surface area contributed by atoms with Crippen LogP contribution in [-0.4, -0.2) is 0 Å². The van der Waals surface area contributed by atoms with Crippen molar-refractivity contribution in [1.29, 1.82) is 0 Å². The summed E-state index contributed by atoms with van der Waals surface area (Å²) in [7, 11) is 0. The molecular weight excluding hydrogens is 400 g/mol. The first-order chi connectivity index (χ1) is 15.0. The summed E-state index contributed by atoms with van der Waals surface area (Å²) in [6, 6.07) is 6.77. The van der Waals surface area contributed by atoms with E-state index in [4.69, 9.17) is 0 Å². The van der Waals surface area contributed by atoms with Gasteiger partial charge in [-0.15, -0.1) is 0 Å². The van der Waals surface area contributed by atoms with E-state index in [1.807, 2.05) is 12.1 Å². The molecule has 4 rings (SSSR count). The summed E-state index contributed by atoms with van der Waals surface area (Å²) < 4.78 is 57.5. The van der Waals surface area contributed by atoms with Gasteiger partial charge in [0, 0.05) is 5.56 Å². The molecule has 31 heavy (non-hydrogen) atoms. The molecule has 2 aromatic carbocycles. The molecule has 0 aromatic heterocycles. The van der Waals surface area contributed by atoms with Crippen molar-refractivity contribution in [3.63, 3.8) is 0 Å². The van der Waals surface area contributed by atoms with Gasteiger partial charge in [-0.05, 0) is 79.9 Å². The zero-order chi connectivity index (χ0) is 22.0. The van der Waals surface area contributed by atoms with Crippen molar-refractivity contribution >= 4 is 6.08 Å². The van der Waals surface area contributed by atoms with E-state index in [2.05, 4.69) is 0 Å². The lowest BCUT2D eigenvalue weighted by Gasteiger charge is -2.28. The van der Waals surface area contributed by atoms with Gasteiger partial charge in [0.25, 0.3) is 0 Å². The number of benzene rings is 2. The molecule has 0 nitrogen and oxygen atoms in total. The van der Waals surface area contributed by atoms with Crippen molar-refractivity contribution in [3.05, 3.63) is 75.9 Å². The van der Waals surface area contributed by atoms with Crippen molar-refractivity contribution < 1.29 is 17.6 Å². The molecule has 2 saturated carbocycles. The van der Waals surface area contributed by atoms with Crippen LogP contribution in [0.15, 0.2) is 30.3 Å². The lowest BCUT2D eigenvalue weighted by molar-refractivity contribution is 0.361. The zero-order valence-corrected chi connectivity index (χ0v) is 18.1. The van der Waals surface area contributed by atoms with Crippen LogP contribution < -0.4 is 0 Å². The van der Waals surface area contributed by atoms with Gasteiger partial charge in [-0.25, -0.2) is 17.6 Å². The molecule has 0 atom stereocenters. The first-order valence-corrected chi connectivity index (χ1v) is 11.6. The standard InChI is InChI=1S/C27H30F4/c1-17-7-11-21(25(29)24(17)28)14-10-18-8-12-20(13-9-18)23-16-15-22(26(30)27(23)31)19-5-3-2-4-6-19/h7,10-11,14-16,18-20H,2-6,8-9,12-13H2,1H3/b14-10+. The molecule has 2 aliphatic rings. The summed E-state index contributed by atoms with van der Waals surface area (Å²) in [4.78, 5) is 0. The predicted molar refractivity (Wildman–Crippen MR) is 117 cm³/mol. The third kappa shape index (κ3) is 4.73.